The molecule has 0 aromatic heterocycles. The minimum atomic E-state index is -1.00. The summed E-state index contributed by atoms with van der Waals surface area (Å²) in [6, 6.07) is 5.36. The molecule has 0 unspecified atom stereocenters. The maximum absolute atomic E-state index is 12.8. The molecule has 2 aliphatic heterocycles. The Morgan fingerprint density at radius 2 is 1.75 bits per heavy atom. The van der Waals surface area contributed by atoms with Crippen molar-refractivity contribution >= 4 is 17.6 Å². The van der Waals surface area contributed by atoms with Crippen molar-refractivity contribution < 1.29 is 23.8 Å². The molecule has 0 spiro atoms. The van der Waals surface area contributed by atoms with Crippen LogP contribution < -0.4 is 5.32 Å². The number of carboxylic acids is 1. The molecule has 5 nitrogen and oxygen atoms in total. The molecular formula is C14H14FNO4. The molecular weight excluding hydrogens is 265 g/mol. The number of hydrogen-bond acceptors (Lipinski definition) is 3. The summed E-state index contributed by atoms with van der Waals surface area (Å²) in [5, 5.41) is 11.9. The molecule has 1 aromatic rings. The molecule has 0 saturated carbocycles. The third kappa shape index (κ3) is 2.16. The van der Waals surface area contributed by atoms with Crippen LogP contribution in [0.1, 0.15) is 12.8 Å². The van der Waals surface area contributed by atoms with Crippen LogP contribution in [0.2, 0.25) is 0 Å². The summed E-state index contributed by atoms with van der Waals surface area (Å²) in [6.07, 6.45) is 0.681. The predicted molar refractivity (Wildman–Crippen MR) is 67.5 cm³/mol. The Labute approximate surface area is 114 Å². The maximum atomic E-state index is 12.8. The Balaban J connectivity index is 1.76. The number of carbonyl (C=O) groups is 2. The quantitative estimate of drug-likeness (QED) is 0.882. The number of aliphatic carboxylic acids is 1. The van der Waals surface area contributed by atoms with Gasteiger partial charge in [-0.15, -0.1) is 0 Å². The number of carboxylic acid groups (broad SMARTS) is 1. The van der Waals surface area contributed by atoms with Gasteiger partial charge in [-0.05, 0) is 37.1 Å². The van der Waals surface area contributed by atoms with E-state index in [-0.39, 0.29) is 18.1 Å². The fourth-order valence-electron chi connectivity index (χ4n) is 3.08. The van der Waals surface area contributed by atoms with Gasteiger partial charge < -0.3 is 15.2 Å². The smallest absolute Gasteiger partial charge is 0.310 e. The predicted octanol–water partition coefficient (Wildman–Crippen LogP) is 1.64. The highest BCUT2D eigenvalue weighted by Crippen LogP contribution is 2.44. The maximum Gasteiger partial charge on any atom is 0.310 e. The van der Waals surface area contributed by atoms with E-state index in [1.54, 1.807) is 0 Å². The Hall–Kier alpha value is -1.95. The van der Waals surface area contributed by atoms with E-state index in [1.807, 2.05) is 0 Å². The third-order valence-corrected chi connectivity index (χ3v) is 3.97. The fraction of sp³-hybridized carbons (Fsp3) is 0.429. The lowest BCUT2D eigenvalue weighted by Gasteiger charge is -2.23. The molecule has 3 rings (SSSR count). The van der Waals surface area contributed by atoms with Crippen molar-refractivity contribution in [1.29, 1.82) is 0 Å². The highest BCUT2D eigenvalue weighted by Gasteiger charge is 2.55. The first-order valence-electron chi connectivity index (χ1n) is 6.51. The molecule has 2 fully saturated rings. The van der Waals surface area contributed by atoms with Crippen LogP contribution in [0.3, 0.4) is 0 Å². The van der Waals surface area contributed by atoms with Gasteiger partial charge in [-0.25, -0.2) is 4.39 Å². The lowest BCUT2D eigenvalue weighted by Crippen LogP contribution is -2.40. The summed E-state index contributed by atoms with van der Waals surface area (Å²) >= 11 is 0. The second kappa shape index (κ2) is 4.86. The van der Waals surface area contributed by atoms with E-state index >= 15 is 0 Å². The number of benzene rings is 1. The summed E-state index contributed by atoms with van der Waals surface area (Å²) in [5.74, 6) is -3.26. The molecule has 1 aromatic carbocycles. The van der Waals surface area contributed by atoms with Crippen LogP contribution in [0.5, 0.6) is 0 Å². The summed E-state index contributed by atoms with van der Waals surface area (Å²) in [7, 11) is 0. The van der Waals surface area contributed by atoms with Crippen LogP contribution in [-0.4, -0.2) is 29.2 Å². The van der Waals surface area contributed by atoms with Crippen molar-refractivity contribution in [3.05, 3.63) is 30.1 Å². The minimum Gasteiger partial charge on any atom is -0.481 e. The monoisotopic (exact) mass is 279 g/mol. The van der Waals surface area contributed by atoms with E-state index in [4.69, 9.17) is 4.74 Å². The Bertz CT molecular complexity index is 545. The van der Waals surface area contributed by atoms with Gasteiger partial charge in [0.15, 0.2) is 0 Å². The van der Waals surface area contributed by atoms with E-state index in [9.17, 15) is 19.1 Å². The molecule has 20 heavy (non-hydrogen) atoms. The van der Waals surface area contributed by atoms with E-state index in [1.165, 1.54) is 24.3 Å². The summed E-state index contributed by atoms with van der Waals surface area (Å²) < 4.78 is 18.3. The number of halogens is 1. The first-order chi connectivity index (χ1) is 9.56. The number of amides is 1. The van der Waals surface area contributed by atoms with Gasteiger partial charge in [0, 0.05) is 5.69 Å². The van der Waals surface area contributed by atoms with Crippen LogP contribution in [0.4, 0.5) is 10.1 Å². The molecule has 2 heterocycles. The van der Waals surface area contributed by atoms with Crippen molar-refractivity contribution in [2.45, 2.75) is 25.0 Å². The van der Waals surface area contributed by atoms with Gasteiger partial charge in [-0.1, -0.05) is 0 Å². The van der Waals surface area contributed by atoms with Crippen molar-refractivity contribution in [3.63, 3.8) is 0 Å². The molecule has 1 amide bonds. The Morgan fingerprint density at radius 3 is 2.35 bits per heavy atom. The molecule has 2 bridgehead atoms. The molecule has 106 valence electrons. The zero-order valence-electron chi connectivity index (χ0n) is 10.6. The van der Waals surface area contributed by atoms with Crippen molar-refractivity contribution in [3.8, 4) is 0 Å². The molecule has 0 aliphatic carbocycles. The van der Waals surface area contributed by atoms with Crippen LogP contribution >= 0.6 is 0 Å². The second-order valence-corrected chi connectivity index (χ2v) is 5.18. The van der Waals surface area contributed by atoms with Crippen LogP contribution in [0, 0.1) is 17.7 Å². The van der Waals surface area contributed by atoms with Gasteiger partial charge in [0.25, 0.3) is 0 Å². The van der Waals surface area contributed by atoms with Gasteiger partial charge in [0.1, 0.15) is 5.82 Å². The minimum absolute atomic E-state index is 0.332. The number of ether oxygens (including phenoxy) is 1. The zero-order chi connectivity index (χ0) is 14.3. The second-order valence-electron chi connectivity index (χ2n) is 5.18. The summed E-state index contributed by atoms with van der Waals surface area (Å²) in [4.78, 5) is 23.5. The van der Waals surface area contributed by atoms with E-state index in [2.05, 4.69) is 5.32 Å². The Morgan fingerprint density at radius 1 is 1.15 bits per heavy atom. The lowest BCUT2D eigenvalue weighted by atomic mass is 9.78. The summed E-state index contributed by atoms with van der Waals surface area (Å²) in [5.41, 5.74) is 0.448. The Kier molecular flexibility index (Phi) is 3.17. The molecule has 0 radical (unpaired) electrons. The molecule has 2 saturated heterocycles. The average molecular weight is 279 g/mol. The molecule has 6 heteroatoms. The highest BCUT2D eigenvalue weighted by molar-refractivity contribution is 5.96. The van der Waals surface area contributed by atoms with E-state index in [0.717, 1.165) is 0 Å². The van der Waals surface area contributed by atoms with Gasteiger partial charge in [0.05, 0.1) is 24.0 Å². The first kappa shape index (κ1) is 13.1. The number of hydrogen-bond donors (Lipinski definition) is 2. The highest BCUT2D eigenvalue weighted by atomic mass is 19.1. The molecule has 4 atom stereocenters. The number of rotatable bonds is 3. The fourth-order valence-corrected chi connectivity index (χ4v) is 3.08. The topological polar surface area (TPSA) is 75.6 Å². The first-order valence-corrected chi connectivity index (χ1v) is 6.51. The standard InChI is InChI=1S/C14H14FNO4/c15-7-1-3-8(4-2-7)16-13(17)11-9-5-6-10(20-9)12(11)14(18)19/h1-4,9-12H,5-6H2,(H,16,17)(H,18,19)/t9-,10+,11+,12+/m1/s1. The normalized spacial score (nSPS) is 31.2. The zero-order valence-corrected chi connectivity index (χ0v) is 10.6. The van der Waals surface area contributed by atoms with Crippen LogP contribution in [0.15, 0.2) is 24.3 Å². The van der Waals surface area contributed by atoms with Crippen LogP contribution in [-0.2, 0) is 14.3 Å². The lowest BCUT2D eigenvalue weighted by molar-refractivity contribution is -0.147. The number of fused-ring (bicyclic) bond motifs is 2. The van der Waals surface area contributed by atoms with Crippen LogP contribution in [0.25, 0.3) is 0 Å². The number of nitrogens with one attached hydrogen (secondary N) is 1. The number of anilines is 1. The molecule has 2 aliphatic rings. The van der Waals surface area contributed by atoms with E-state index in [0.29, 0.717) is 18.5 Å². The number of carbonyl (C=O) groups excluding carboxylic acids is 1. The van der Waals surface area contributed by atoms with Gasteiger partial charge in [0.2, 0.25) is 5.91 Å². The summed E-state index contributed by atoms with van der Waals surface area (Å²) in [6.45, 7) is 0. The largest absolute Gasteiger partial charge is 0.481 e. The van der Waals surface area contributed by atoms with Gasteiger partial charge in [-0.3, -0.25) is 9.59 Å². The van der Waals surface area contributed by atoms with Gasteiger partial charge in [-0.2, -0.15) is 0 Å². The van der Waals surface area contributed by atoms with Gasteiger partial charge >= 0.3 is 5.97 Å². The third-order valence-electron chi connectivity index (χ3n) is 3.97. The van der Waals surface area contributed by atoms with Crippen molar-refractivity contribution in [2.75, 3.05) is 5.32 Å². The molecule has 2 N–H and O–H groups in total. The van der Waals surface area contributed by atoms with Crippen molar-refractivity contribution in [2.24, 2.45) is 11.8 Å². The average Bonchev–Trinajstić information content (AvgIpc) is 3.01. The van der Waals surface area contributed by atoms with Crippen molar-refractivity contribution in [1.82, 2.24) is 0 Å². The SMILES string of the molecule is O=C(O)[C@@H]1[C@@H](C(=O)Nc2ccc(F)cc2)[C@H]2CC[C@@H]1O2. The van der Waals surface area contributed by atoms with E-state index < -0.39 is 23.6 Å².